The third-order valence-electron chi connectivity index (χ3n) is 5.31. The van der Waals surface area contributed by atoms with E-state index in [0.717, 1.165) is 16.7 Å². The minimum absolute atomic E-state index is 0.181. The van der Waals surface area contributed by atoms with Gasteiger partial charge in [-0.15, -0.1) is 0 Å². The van der Waals surface area contributed by atoms with E-state index in [1.165, 1.54) is 4.31 Å². The van der Waals surface area contributed by atoms with Crippen LogP contribution in [0.15, 0.2) is 57.9 Å². The van der Waals surface area contributed by atoms with Crippen LogP contribution in [0.25, 0.3) is 11.3 Å². The molecule has 0 atom stereocenters. The summed E-state index contributed by atoms with van der Waals surface area (Å²) in [5, 5.41) is 4.45. The van der Waals surface area contributed by atoms with Crippen LogP contribution < -0.4 is 0 Å². The van der Waals surface area contributed by atoms with Crippen LogP contribution in [-0.4, -0.2) is 54.9 Å². The van der Waals surface area contributed by atoms with Crippen molar-refractivity contribution in [2.24, 2.45) is 0 Å². The van der Waals surface area contributed by atoms with Crippen molar-refractivity contribution >= 4 is 27.5 Å². The predicted molar refractivity (Wildman–Crippen MR) is 118 cm³/mol. The standard InChI is InChI=1S/C22H22ClN3O4S/c1-15-6-7-21(16(2)12-15)31(28,29)26-10-8-25(9-11-26)22(27)19-14-20(30-24-19)17-4-3-5-18(23)13-17/h3-7,12-14H,8-11H2,1-2H3. The van der Waals surface area contributed by atoms with Gasteiger partial charge in [-0.05, 0) is 37.6 Å². The van der Waals surface area contributed by atoms with Gasteiger partial charge in [0.15, 0.2) is 11.5 Å². The van der Waals surface area contributed by atoms with Crippen LogP contribution >= 0.6 is 11.6 Å². The number of aryl methyl sites for hydroxylation is 2. The van der Waals surface area contributed by atoms with Gasteiger partial charge in [0.2, 0.25) is 10.0 Å². The van der Waals surface area contributed by atoms with Crippen LogP contribution in [-0.2, 0) is 10.0 Å². The van der Waals surface area contributed by atoms with Crippen LogP contribution in [0, 0.1) is 13.8 Å². The molecule has 1 fully saturated rings. The summed E-state index contributed by atoms with van der Waals surface area (Å²) in [6.07, 6.45) is 0. The number of benzene rings is 2. The fourth-order valence-electron chi connectivity index (χ4n) is 3.68. The van der Waals surface area contributed by atoms with Crippen molar-refractivity contribution in [3.8, 4) is 11.3 Å². The highest BCUT2D eigenvalue weighted by Gasteiger charge is 2.32. The van der Waals surface area contributed by atoms with E-state index in [2.05, 4.69) is 5.16 Å². The van der Waals surface area contributed by atoms with Crippen molar-refractivity contribution in [1.29, 1.82) is 0 Å². The lowest BCUT2D eigenvalue weighted by atomic mass is 10.1. The molecule has 7 nitrogen and oxygen atoms in total. The topological polar surface area (TPSA) is 83.7 Å². The van der Waals surface area contributed by atoms with Crippen molar-refractivity contribution in [3.05, 3.63) is 70.4 Å². The maximum atomic E-state index is 13.0. The van der Waals surface area contributed by atoms with Crippen molar-refractivity contribution in [3.63, 3.8) is 0 Å². The number of halogens is 1. The van der Waals surface area contributed by atoms with Crippen LogP contribution in [0.5, 0.6) is 0 Å². The first kappa shape index (κ1) is 21.5. The summed E-state index contributed by atoms with van der Waals surface area (Å²) in [6, 6.07) is 14.0. The molecule has 0 spiro atoms. The van der Waals surface area contributed by atoms with Gasteiger partial charge >= 0.3 is 0 Å². The molecule has 1 aliphatic rings. The molecule has 2 heterocycles. The Labute approximate surface area is 186 Å². The van der Waals surface area contributed by atoms with Gasteiger partial charge < -0.3 is 9.42 Å². The Morgan fingerprint density at radius 2 is 1.77 bits per heavy atom. The minimum Gasteiger partial charge on any atom is -0.355 e. The molecule has 1 saturated heterocycles. The first-order valence-corrected chi connectivity index (χ1v) is 11.7. The van der Waals surface area contributed by atoms with E-state index in [9.17, 15) is 13.2 Å². The Hall–Kier alpha value is -2.68. The highest BCUT2D eigenvalue weighted by atomic mass is 35.5. The van der Waals surface area contributed by atoms with E-state index < -0.39 is 10.0 Å². The smallest absolute Gasteiger partial charge is 0.276 e. The summed E-state index contributed by atoms with van der Waals surface area (Å²) in [5.74, 6) is 0.155. The Bertz CT molecular complexity index is 1230. The number of nitrogens with zero attached hydrogens (tertiary/aromatic N) is 3. The molecule has 1 amide bonds. The maximum absolute atomic E-state index is 13.0. The SMILES string of the molecule is Cc1ccc(S(=O)(=O)N2CCN(C(=O)c3cc(-c4cccc(Cl)c4)on3)CC2)c(C)c1. The van der Waals surface area contributed by atoms with E-state index in [-0.39, 0.29) is 37.8 Å². The zero-order chi connectivity index (χ0) is 22.2. The average Bonchev–Trinajstić information content (AvgIpc) is 3.23. The second-order valence-electron chi connectivity index (χ2n) is 7.55. The monoisotopic (exact) mass is 459 g/mol. The quantitative estimate of drug-likeness (QED) is 0.593. The molecule has 0 bridgehead atoms. The Morgan fingerprint density at radius 1 is 1.03 bits per heavy atom. The minimum atomic E-state index is -3.61. The largest absolute Gasteiger partial charge is 0.355 e. The molecule has 2 aromatic carbocycles. The fraction of sp³-hybridized carbons (Fsp3) is 0.273. The number of hydrogen-bond donors (Lipinski definition) is 0. The molecule has 0 radical (unpaired) electrons. The predicted octanol–water partition coefficient (Wildman–Crippen LogP) is 3.76. The molecule has 162 valence electrons. The van der Waals surface area contributed by atoms with E-state index in [4.69, 9.17) is 16.1 Å². The number of piperazine rings is 1. The second kappa shape index (κ2) is 8.45. The van der Waals surface area contributed by atoms with Crippen molar-refractivity contribution in [1.82, 2.24) is 14.4 Å². The van der Waals surface area contributed by atoms with Crippen LogP contribution in [0.2, 0.25) is 5.02 Å². The molecule has 0 aliphatic carbocycles. The number of amides is 1. The van der Waals surface area contributed by atoms with Gasteiger partial charge in [0, 0.05) is 42.8 Å². The normalized spacial score (nSPS) is 15.3. The summed E-state index contributed by atoms with van der Waals surface area (Å²) in [6.45, 7) is 4.72. The number of hydrogen-bond acceptors (Lipinski definition) is 5. The van der Waals surface area contributed by atoms with Gasteiger partial charge in [-0.1, -0.05) is 46.6 Å². The molecular weight excluding hydrogens is 438 g/mol. The molecular formula is C22H22ClN3O4S. The zero-order valence-corrected chi connectivity index (χ0v) is 18.8. The third-order valence-corrected chi connectivity index (χ3v) is 7.61. The first-order chi connectivity index (χ1) is 14.8. The number of carbonyl (C=O) groups is 1. The lowest BCUT2D eigenvalue weighted by Crippen LogP contribution is -2.50. The van der Waals surface area contributed by atoms with Gasteiger partial charge in [0.05, 0.1) is 4.90 Å². The highest BCUT2D eigenvalue weighted by molar-refractivity contribution is 7.89. The summed E-state index contributed by atoms with van der Waals surface area (Å²) < 4.78 is 32.8. The lowest BCUT2D eigenvalue weighted by Gasteiger charge is -2.33. The molecule has 31 heavy (non-hydrogen) atoms. The first-order valence-electron chi connectivity index (χ1n) is 9.85. The summed E-state index contributed by atoms with van der Waals surface area (Å²) in [5.41, 5.74) is 2.63. The van der Waals surface area contributed by atoms with Crippen molar-refractivity contribution in [2.45, 2.75) is 18.7 Å². The van der Waals surface area contributed by atoms with Crippen LogP contribution in [0.4, 0.5) is 0 Å². The van der Waals surface area contributed by atoms with Crippen LogP contribution in [0.3, 0.4) is 0 Å². The number of aromatic nitrogens is 1. The van der Waals surface area contributed by atoms with Gasteiger partial charge in [0.25, 0.3) is 5.91 Å². The van der Waals surface area contributed by atoms with Gasteiger partial charge in [-0.3, -0.25) is 4.79 Å². The van der Waals surface area contributed by atoms with Crippen molar-refractivity contribution in [2.75, 3.05) is 26.2 Å². The summed E-state index contributed by atoms with van der Waals surface area (Å²) in [4.78, 5) is 14.7. The van der Waals surface area contributed by atoms with E-state index >= 15 is 0 Å². The summed E-state index contributed by atoms with van der Waals surface area (Å²) in [7, 11) is -3.61. The second-order valence-corrected chi connectivity index (χ2v) is 9.89. The molecule has 0 unspecified atom stereocenters. The molecule has 1 aromatic heterocycles. The Morgan fingerprint density at radius 3 is 2.45 bits per heavy atom. The summed E-state index contributed by atoms with van der Waals surface area (Å²) >= 11 is 6.01. The average molecular weight is 460 g/mol. The van der Waals surface area contributed by atoms with Gasteiger partial charge in [-0.25, -0.2) is 8.42 Å². The molecule has 0 N–H and O–H groups in total. The molecule has 0 saturated carbocycles. The number of carbonyl (C=O) groups excluding carboxylic acids is 1. The highest BCUT2D eigenvalue weighted by Crippen LogP contribution is 2.25. The molecule has 1 aliphatic heterocycles. The van der Waals surface area contributed by atoms with E-state index in [1.54, 1.807) is 48.2 Å². The third kappa shape index (κ3) is 4.37. The van der Waals surface area contributed by atoms with Crippen molar-refractivity contribution < 1.29 is 17.7 Å². The molecule has 3 aromatic rings. The van der Waals surface area contributed by atoms with Gasteiger partial charge in [0.1, 0.15) is 0 Å². The molecule has 9 heteroatoms. The zero-order valence-electron chi connectivity index (χ0n) is 17.2. The van der Waals surface area contributed by atoms with E-state index in [1.807, 2.05) is 19.1 Å². The maximum Gasteiger partial charge on any atom is 0.276 e. The number of sulfonamides is 1. The van der Waals surface area contributed by atoms with E-state index in [0.29, 0.717) is 15.7 Å². The lowest BCUT2D eigenvalue weighted by molar-refractivity contribution is 0.0687. The van der Waals surface area contributed by atoms with Gasteiger partial charge in [-0.2, -0.15) is 4.31 Å². The molecule has 4 rings (SSSR count). The van der Waals surface area contributed by atoms with Crippen LogP contribution in [0.1, 0.15) is 21.6 Å². The Balaban J connectivity index is 1.45. The number of rotatable bonds is 4. The fourth-order valence-corrected chi connectivity index (χ4v) is 5.49. The Kier molecular flexibility index (Phi) is 5.88.